The van der Waals surface area contributed by atoms with Crippen LogP contribution in [0.15, 0.2) is 12.3 Å². The molecule has 0 aromatic carbocycles. The van der Waals surface area contributed by atoms with E-state index in [1.807, 2.05) is 13.8 Å². The lowest BCUT2D eigenvalue weighted by Gasteiger charge is -2.19. The second-order valence-corrected chi connectivity index (χ2v) is 4.90. The second-order valence-electron chi connectivity index (χ2n) is 4.90. The van der Waals surface area contributed by atoms with E-state index < -0.39 is 5.97 Å². The molecule has 0 unspecified atom stereocenters. The lowest BCUT2D eigenvalue weighted by atomic mass is 10.4. The van der Waals surface area contributed by atoms with E-state index in [-0.39, 0.29) is 25.0 Å². The van der Waals surface area contributed by atoms with Gasteiger partial charge in [-0.3, -0.25) is 14.5 Å². The molecule has 21 heavy (non-hydrogen) atoms. The van der Waals surface area contributed by atoms with Gasteiger partial charge in [0.05, 0.1) is 25.9 Å². The van der Waals surface area contributed by atoms with Crippen molar-refractivity contribution in [3.63, 3.8) is 0 Å². The maximum absolute atomic E-state index is 12.0. The van der Waals surface area contributed by atoms with Crippen LogP contribution in [-0.2, 0) is 14.3 Å². The van der Waals surface area contributed by atoms with Crippen LogP contribution in [0.2, 0.25) is 0 Å². The van der Waals surface area contributed by atoms with Crippen LogP contribution in [0.5, 0.6) is 0 Å². The van der Waals surface area contributed by atoms with Crippen molar-refractivity contribution in [1.82, 2.24) is 14.7 Å². The van der Waals surface area contributed by atoms with E-state index in [1.54, 1.807) is 16.9 Å². The van der Waals surface area contributed by atoms with Crippen LogP contribution >= 0.6 is 0 Å². The molecule has 8 heteroatoms. The molecule has 1 amide bonds. The Morgan fingerprint density at radius 3 is 2.76 bits per heavy atom. The monoisotopic (exact) mass is 298 g/mol. The number of carboxylic acids is 1. The van der Waals surface area contributed by atoms with Gasteiger partial charge in [-0.25, -0.2) is 4.68 Å². The Kier molecular flexibility index (Phi) is 6.83. The number of methoxy groups -OCH3 is 1. The van der Waals surface area contributed by atoms with E-state index >= 15 is 0 Å². The molecular weight excluding hydrogens is 276 g/mol. The largest absolute Gasteiger partial charge is 0.480 e. The van der Waals surface area contributed by atoms with Crippen molar-refractivity contribution >= 4 is 17.7 Å². The number of rotatable bonds is 9. The van der Waals surface area contributed by atoms with Gasteiger partial charge >= 0.3 is 5.97 Å². The summed E-state index contributed by atoms with van der Waals surface area (Å²) in [5.41, 5.74) is 0. The number of aliphatic carboxylic acids is 1. The van der Waals surface area contributed by atoms with Gasteiger partial charge < -0.3 is 15.2 Å². The zero-order valence-corrected chi connectivity index (χ0v) is 12.6. The lowest BCUT2D eigenvalue weighted by molar-refractivity contribution is -0.138. The quantitative estimate of drug-likeness (QED) is 0.686. The predicted molar refractivity (Wildman–Crippen MR) is 77.2 cm³/mol. The Hall–Kier alpha value is -1.93. The molecule has 0 radical (unpaired) electrons. The van der Waals surface area contributed by atoms with Gasteiger partial charge in [0.2, 0.25) is 5.91 Å². The number of nitrogens with one attached hydrogen (secondary N) is 1. The summed E-state index contributed by atoms with van der Waals surface area (Å²) in [6.45, 7) is 4.43. The van der Waals surface area contributed by atoms with E-state index in [9.17, 15) is 9.59 Å². The van der Waals surface area contributed by atoms with Gasteiger partial charge in [0.25, 0.3) is 0 Å². The number of ether oxygens (including phenoxy) is 1. The highest BCUT2D eigenvalue weighted by Crippen LogP contribution is 2.12. The molecule has 0 aliphatic rings. The number of carbonyl (C=O) groups is 2. The predicted octanol–water partition coefficient (Wildman–Crippen LogP) is 0.436. The summed E-state index contributed by atoms with van der Waals surface area (Å²) in [4.78, 5) is 24.3. The smallest absolute Gasteiger partial charge is 0.317 e. The molecule has 0 atom stereocenters. The van der Waals surface area contributed by atoms with Gasteiger partial charge in [-0.05, 0) is 13.8 Å². The molecule has 2 N–H and O–H groups in total. The van der Waals surface area contributed by atoms with Gasteiger partial charge in [0, 0.05) is 25.8 Å². The number of hydrogen-bond donors (Lipinski definition) is 2. The summed E-state index contributed by atoms with van der Waals surface area (Å²) in [5.74, 6) is -0.669. The minimum absolute atomic E-state index is 0.0149. The topological polar surface area (TPSA) is 96.7 Å². The van der Waals surface area contributed by atoms with E-state index in [4.69, 9.17) is 9.84 Å². The van der Waals surface area contributed by atoms with Crippen molar-refractivity contribution in [2.24, 2.45) is 0 Å². The van der Waals surface area contributed by atoms with Crippen LogP contribution in [0.4, 0.5) is 5.82 Å². The first-order valence-corrected chi connectivity index (χ1v) is 6.70. The molecule has 1 heterocycles. The highest BCUT2D eigenvalue weighted by Gasteiger charge is 2.15. The highest BCUT2D eigenvalue weighted by atomic mass is 16.5. The summed E-state index contributed by atoms with van der Waals surface area (Å²) in [5, 5.41) is 15.7. The van der Waals surface area contributed by atoms with E-state index in [0.717, 1.165) is 0 Å². The van der Waals surface area contributed by atoms with Crippen molar-refractivity contribution < 1.29 is 19.4 Å². The van der Waals surface area contributed by atoms with Crippen molar-refractivity contribution in [1.29, 1.82) is 0 Å². The molecule has 0 aliphatic heterocycles. The standard InChI is InChI=1S/C13H22N4O4/c1-10(2)17-11(4-5-14-17)15-12(18)8-16(6-7-21-3)9-13(19)20/h4-5,10H,6-9H2,1-3H3,(H,15,18)(H,19,20). The molecule has 0 fully saturated rings. The fraction of sp³-hybridized carbons (Fsp3) is 0.615. The number of nitrogens with zero attached hydrogens (tertiary/aromatic N) is 3. The third-order valence-electron chi connectivity index (χ3n) is 2.76. The normalized spacial score (nSPS) is 11.1. The summed E-state index contributed by atoms with van der Waals surface area (Å²) in [7, 11) is 1.53. The van der Waals surface area contributed by atoms with Gasteiger partial charge in [-0.2, -0.15) is 5.10 Å². The van der Waals surface area contributed by atoms with Crippen LogP contribution in [0.3, 0.4) is 0 Å². The van der Waals surface area contributed by atoms with Crippen LogP contribution < -0.4 is 5.32 Å². The molecule has 0 saturated carbocycles. The number of anilines is 1. The highest BCUT2D eigenvalue weighted by molar-refractivity contribution is 5.91. The van der Waals surface area contributed by atoms with E-state index in [1.165, 1.54) is 12.0 Å². The zero-order chi connectivity index (χ0) is 15.8. The van der Waals surface area contributed by atoms with Crippen molar-refractivity contribution in [2.45, 2.75) is 19.9 Å². The molecule has 1 aromatic heterocycles. The molecule has 0 bridgehead atoms. The third-order valence-corrected chi connectivity index (χ3v) is 2.76. The maximum Gasteiger partial charge on any atom is 0.317 e. The number of hydrogen-bond acceptors (Lipinski definition) is 5. The second kappa shape index (κ2) is 8.38. The molecule has 0 spiro atoms. The van der Waals surface area contributed by atoms with Crippen LogP contribution in [0.25, 0.3) is 0 Å². The third kappa shape index (κ3) is 5.92. The Balaban J connectivity index is 2.60. The Bertz CT molecular complexity index is 472. The first kappa shape index (κ1) is 17.1. The molecule has 0 saturated heterocycles. The number of aromatic nitrogens is 2. The number of carboxylic acid groups (broad SMARTS) is 1. The fourth-order valence-corrected chi connectivity index (χ4v) is 1.84. The van der Waals surface area contributed by atoms with E-state index in [0.29, 0.717) is 19.0 Å². The van der Waals surface area contributed by atoms with Crippen molar-refractivity contribution in [3.05, 3.63) is 12.3 Å². The van der Waals surface area contributed by atoms with E-state index in [2.05, 4.69) is 10.4 Å². The molecule has 1 rings (SSSR count). The average molecular weight is 298 g/mol. The molecule has 1 aromatic rings. The van der Waals surface area contributed by atoms with Gasteiger partial charge in [-0.1, -0.05) is 0 Å². The number of carbonyl (C=O) groups excluding carboxylic acids is 1. The first-order chi connectivity index (χ1) is 9.93. The van der Waals surface area contributed by atoms with Gasteiger partial charge in [0.1, 0.15) is 5.82 Å². The molecule has 0 aliphatic carbocycles. The lowest BCUT2D eigenvalue weighted by Crippen LogP contribution is -2.39. The summed E-state index contributed by atoms with van der Waals surface area (Å²) >= 11 is 0. The Labute approximate surface area is 123 Å². The van der Waals surface area contributed by atoms with Crippen LogP contribution in [-0.4, -0.2) is 65.0 Å². The summed E-state index contributed by atoms with van der Waals surface area (Å²) < 4.78 is 6.60. The zero-order valence-electron chi connectivity index (χ0n) is 12.6. The average Bonchev–Trinajstić information content (AvgIpc) is 2.83. The van der Waals surface area contributed by atoms with Gasteiger partial charge in [-0.15, -0.1) is 0 Å². The minimum atomic E-state index is -0.980. The van der Waals surface area contributed by atoms with Crippen molar-refractivity contribution in [3.8, 4) is 0 Å². The van der Waals surface area contributed by atoms with Crippen LogP contribution in [0.1, 0.15) is 19.9 Å². The SMILES string of the molecule is COCCN(CC(=O)O)CC(=O)Nc1ccnn1C(C)C. The maximum atomic E-state index is 12.0. The Morgan fingerprint density at radius 2 is 2.19 bits per heavy atom. The summed E-state index contributed by atoms with van der Waals surface area (Å²) in [6, 6.07) is 1.83. The summed E-state index contributed by atoms with van der Waals surface area (Å²) in [6.07, 6.45) is 1.61. The van der Waals surface area contributed by atoms with Gasteiger partial charge in [0.15, 0.2) is 0 Å². The molecular formula is C13H22N4O4. The molecule has 8 nitrogen and oxygen atoms in total. The van der Waals surface area contributed by atoms with Crippen molar-refractivity contribution in [2.75, 3.05) is 38.7 Å². The minimum Gasteiger partial charge on any atom is -0.480 e. The Morgan fingerprint density at radius 1 is 1.48 bits per heavy atom. The molecule has 118 valence electrons. The van der Waals surface area contributed by atoms with Crippen LogP contribution in [0, 0.1) is 0 Å². The number of amides is 1. The fourth-order valence-electron chi connectivity index (χ4n) is 1.84. The first-order valence-electron chi connectivity index (χ1n) is 6.70.